The molecule has 0 spiro atoms. The van der Waals surface area contributed by atoms with Gasteiger partial charge >= 0.3 is 11.9 Å². The van der Waals surface area contributed by atoms with Gasteiger partial charge in [0.2, 0.25) is 0 Å². The van der Waals surface area contributed by atoms with Gasteiger partial charge in [-0.3, -0.25) is 0 Å². The number of carbonyl (C=O) groups excluding carboxylic acids is 2. The van der Waals surface area contributed by atoms with Crippen molar-refractivity contribution < 1.29 is 19.1 Å². The molecular weight excluding hydrogens is 400 g/mol. The highest BCUT2D eigenvalue weighted by Crippen LogP contribution is 2.36. The van der Waals surface area contributed by atoms with Crippen molar-refractivity contribution in [2.24, 2.45) is 5.92 Å². The second-order valence-corrected chi connectivity index (χ2v) is 8.07. The van der Waals surface area contributed by atoms with Gasteiger partial charge in [0, 0.05) is 16.2 Å². The quantitative estimate of drug-likeness (QED) is 0.398. The number of carbonyl (C=O) groups is 2. The highest BCUT2D eigenvalue weighted by molar-refractivity contribution is 7.99. The lowest BCUT2D eigenvalue weighted by atomic mass is 10.1. The summed E-state index contributed by atoms with van der Waals surface area (Å²) < 4.78 is 11.4. The van der Waals surface area contributed by atoms with E-state index in [4.69, 9.17) is 9.47 Å². The summed E-state index contributed by atoms with van der Waals surface area (Å²) in [4.78, 5) is 26.5. The van der Waals surface area contributed by atoms with Crippen molar-refractivity contribution in [1.29, 1.82) is 0 Å². The summed E-state index contributed by atoms with van der Waals surface area (Å²) in [6.45, 7) is 4.30. The summed E-state index contributed by atoms with van der Waals surface area (Å²) in [5.41, 5.74) is 1.92. The first-order chi connectivity index (χ1) is 14.5. The number of para-hydroxylation sites is 1. The van der Waals surface area contributed by atoms with Crippen molar-refractivity contribution in [3.05, 3.63) is 65.9 Å². The van der Waals surface area contributed by atoms with Crippen LogP contribution in [0.4, 0.5) is 0 Å². The molecule has 156 valence electrons. The minimum atomic E-state index is -0.662. The Morgan fingerprint density at radius 3 is 2.23 bits per heavy atom. The molecule has 0 amide bonds. The molecule has 0 unspecified atom stereocenters. The third-order valence-electron chi connectivity index (χ3n) is 4.37. The molecular formula is C23H24N2O4S. The number of benzene rings is 2. The van der Waals surface area contributed by atoms with Crippen LogP contribution in [0.1, 0.15) is 34.7 Å². The Kier molecular flexibility index (Phi) is 6.95. The van der Waals surface area contributed by atoms with Crippen molar-refractivity contribution >= 4 is 23.7 Å². The van der Waals surface area contributed by atoms with Crippen molar-refractivity contribution in [1.82, 2.24) is 9.78 Å². The molecule has 0 saturated heterocycles. The van der Waals surface area contributed by atoms with E-state index < -0.39 is 11.9 Å². The summed E-state index contributed by atoms with van der Waals surface area (Å²) in [7, 11) is 2.56. The van der Waals surface area contributed by atoms with Crippen molar-refractivity contribution in [2.75, 3.05) is 20.0 Å². The molecule has 3 rings (SSSR count). The largest absolute Gasteiger partial charge is 0.465 e. The van der Waals surface area contributed by atoms with E-state index in [1.54, 1.807) is 11.8 Å². The Morgan fingerprint density at radius 2 is 1.60 bits per heavy atom. The van der Waals surface area contributed by atoms with Crippen LogP contribution in [-0.2, 0) is 9.47 Å². The molecule has 0 saturated carbocycles. The second-order valence-electron chi connectivity index (χ2n) is 7.00. The Bertz CT molecular complexity index is 1040. The van der Waals surface area contributed by atoms with Crippen LogP contribution >= 0.6 is 11.8 Å². The maximum Gasteiger partial charge on any atom is 0.357 e. The molecule has 0 N–H and O–H groups in total. The smallest absolute Gasteiger partial charge is 0.357 e. The molecule has 0 fully saturated rings. The van der Waals surface area contributed by atoms with Gasteiger partial charge in [0.05, 0.1) is 19.9 Å². The summed E-state index contributed by atoms with van der Waals surface area (Å²) in [5.74, 6) is 0.102. The van der Waals surface area contributed by atoms with Gasteiger partial charge < -0.3 is 9.47 Å². The fourth-order valence-electron chi connectivity index (χ4n) is 2.99. The zero-order chi connectivity index (χ0) is 21.7. The number of esters is 2. The molecule has 0 atom stereocenters. The van der Waals surface area contributed by atoms with Gasteiger partial charge in [0.25, 0.3) is 0 Å². The van der Waals surface area contributed by atoms with Crippen LogP contribution < -0.4 is 0 Å². The lowest BCUT2D eigenvalue weighted by Gasteiger charge is -2.10. The van der Waals surface area contributed by atoms with E-state index in [-0.39, 0.29) is 11.3 Å². The fraction of sp³-hybridized carbons (Fsp3) is 0.261. The number of methoxy groups -OCH3 is 2. The van der Waals surface area contributed by atoms with Crippen LogP contribution in [0.15, 0.2) is 59.5 Å². The molecule has 1 heterocycles. The molecule has 0 aliphatic rings. The van der Waals surface area contributed by atoms with E-state index in [0.29, 0.717) is 17.3 Å². The van der Waals surface area contributed by atoms with Crippen molar-refractivity contribution in [2.45, 2.75) is 18.7 Å². The molecule has 2 aromatic carbocycles. The van der Waals surface area contributed by atoms with E-state index >= 15 is 0 Å². The summed E-state index contributed by atoms with van der Waals surface area (Å²) in [6, 6.07) is 16.9. The molecule has 7 heteroatoms. The lowest BCUT2D eigenvalue weighted by Crippen LogP contribution is -2.15. The average Bonchev–Trinajstić information content (AvgIpc) is 3.17. The molecule has 3 aromatic rings. The van der Waals surface area contributed by atoms with Crippen LogP contribution in [0, 0.1) is 5.92 Å². The Labute approximate surface area is 180 Å². The first kappa shape index (κ1) is 21.6. The average molecular weight is 425 g/mol. The Morgan fingerprint density at radius 1 is 0.967 bits per heavy atom. The Balaban J connectivity index is 2.29. The topological polar surface area (TPSA) is 70.4 Å². The number of rotatable bonds is 7. The first-order valence-corrected chi connectivity index (χ1v) is 10.5. The third-order valence-corrected chi connectivity index (χ3v) is 5.87. The first-order valence-electron chi connectivity index (χ1n) is 9.55. The van der Waals surface area contributed by atoms with E-state index in [0.717, 1.165) is 16.2 Å². The normalized spacial score (nSPS) is 10.8. The Hall–Kier alpha value is -3.06. The lowest BCUT2D eigenvalue weighted by molar-refractivity contribution is 0.0549. The minimum Gasteiger partial charge on any atom is -0.465 e. The van der Waals surface area contributed by atoms with Gasteiger partial charge in [0.15, 0.2) is 5.69 Å². The highest BCUT2D eigenvalue weighted by Gasteiger charge is 2.32. The SMILES string of the molecule is COC(=O)c1c(-c2ccccc2SCC(C)C)nn(-c2ccccc2)c1C(=O)OC. The van der Waals surface area contributed by atoms with Crippen LogP contribution in [0.25, 0.3) is 16.9 Å². The zero-order valence-corrected chi connectivity index (χ0v) is 18.2. The molecule has 6 nitrogen and oxygen atoms in total. The standard InChI is InChI=1S/C23H24N2O4S/c1-15(2)14-30-18-13-9-8-12-17(18)20-19(22(26)28-3)21(23(27)29-4)25(24-20)16-10-6-5-7-11-16/h5-13,15H,14H2,1-4H3. The van der Waals surface area contributed by atoms with Crippen LogP contribution in [-0.4, -0.2) is 41.7 Å². The van der Waals surface area contributed by atoms with E-state index in [1.807, 2.05) is 54.6 Å². The third kappa shape index (κ3) is 4.41. The van der Waals surface area contributed by atoms with Crippen molar-refractivity contribution in [3.63, 3.8) is 0 Å². The van der Waals surface area contributed by atoms with E-state index in [9.17, 15) is 9.59 Å². The fourth-order valence-corrected chi connectivity index (χ4v) is 4.00. The van der Waals surface area contributed by atoms with Gasteiger partial charge in [-0.2, -0.15) is 5.10 Å². The summed E-state index contributed by atoms with van der Waals surface area (Å²) in [5, 5.41) is 4.68. The van der Waals surface area contributed by atoms with Crippen LogP contribution in [0.2, 0.25) is 0 Å². The van der Waals surface area contributed by atoms with Gasteiger partial charge in [0.1, 0.15) is 11.3 Å². The summed E-state index contributed by atoms with van der Waals surface area (Å²) >= 11 is 1.69. The summed E-state index contributed by atoms with van der Waals surface area (Å²) in [6.07, 6.45) is 0. The number of hydrogen-bond donors (Lipinski definition) is 0. The maximum absolute atomic E-state index is 12.8. The van der Waals surface area contributed by atoms with Crippen LogP contribution in [0.5, 0.6) is 0 Å². The monoisotopic (exact) mass is 424 g/mol. The molecule has 1 aromatic heterocycles. The number of hydrogen-bond acceptors (Lipinski definition) is 6. The predicted molar refractivity (Wildman–Crippen MR) is 117 cm³/mol. The van der Waals surface area contributed by atoms with Gasteiger partial charge in [-0.15, -0.1) is 11.8 Å². The van der Waals surface area contributed by atoms with Gasteiger partial charge in [-0.05, 0) is 24.1 Å². The van der Waals surface area contributed by atoms with Gasteiger partial charge in [-0.25, -0.2) is 14.3 Å². The van der Waals surface area contributed by atoms with E-state index in [2.05, 4.69) is 18.9 Å². The number of ether oxygens (including phenoxy) is 2. The van der Waals surface area contributed by atoms with Gasteiger partial charge in [-0.1, -0.05) is 50.2 Å². The predicted octanol–water partition coefficient (Wildman–Crippen LogP) is 4.86. The molecule has 0 aliphatic carbocycles. The second kappa shape index (κ2) is 9.63. The molecule has 30 heavy (non-hydrogen) atoms. The van der Waals surface area contributed by atoms with E-state index in [1.165, 1.54) is 18.9 Å². The van der Waals surface area contributed by atoms with Crippen LogP contribution in [0.3, 0.4) is 0 Å². The highest BCUT2D eigenvalue weighted by atomic mass is 32.2. The number of nitrogens with zero attached hydrogens (tertiary/aromatic N) is 2. The maximum atomic E-state index is 12.8. The molecule has 0 aliphatic heterocycles. The molecule has 0 radical (unpaired) electrons. The number of thioether (sulfide) groups is 1. The molecule has 0 bridgehead atoms. The zero-order valence-electron chi connectivity index (χ0n) is 17.4. The number of aromatic nitrogens is 2. The van der Waals surface area contributed by atoms with Crippen molar-refractivity contribution in [3.8, 4) is 16.9 Å². The minimum absolute atomic E-state index is 0.0363.